The van der Waals surface area contributed by atoms with Gasteiger partial charge in [0, 0.05) is 25.0 Å². The van der Waals surface area contributed by atoms with Crippen LogP contribution in [0.15, 0.2) is 0 Å². The molecule has 3 heteroatoms. The molecule has 86 valence electrons. The molecule has 0 aromatic rings. The molecule has 0 aromatic carbocycles. The van der Waals surface area contributed by atoms with Crippen molar-refractivity contribution in [1.82, 2.24) is 4.90 Å². The molecule has 3 nitrogen and oxygen atoms in total. The summed E-state index contributed by atoms with van der Waals surface area (Å²) >= 11 is 0. The summed E-state index contributed by atoms with van der Waals surface area (Å²) in [4.78, 5) is 14.2. The third kappa shape index (κ3) is 1.78. The molecule has 1 saturated carbocycles. The van der Waals surface area contributed by atoms with Gasteiger partial charge in [0.15, 0.2) is 0 Å². The Bertz CT molecular complexity index is 275. The molecule has 0 spiro atoms. The minimum Gasteiger partial charge on any atom is -0.338 e. The first-order chi connectivity index (χ1) is 6.97. The van der Waals surface area contributed by atoms with Gasteiger partial charge in [-0.05, 0) is 24.2 Å². The van der Waals surface area contributed by atoms with Crippen LogP contribution in [0.3, 0.4) is 0 Å². The first kappa shape index (κ1) is 10.9. The van der Waals surface area contributed by atoms with Crippen molar-refractivity contribution in [1.29, 1.82) is 0 Å². The minimum atomic E-state index is 0.238. The van der Waals surface area contributed by atoms with Crippen molar-refractivity contribution < 1.29 is 4.79 Å². The van der Waals surface area contributed by atoms with Gasteiger partial charge in [-0.15, -0.1) is 0 Å². The van der Waals surface area contributed by atoms with Crippen molar-refractivity contribution in [3.05, 3.63) is 0 Å². The first-order valence-electron chi connectivity index (χ1n) is 5.98. The van der Waals surface area contributed by atoms with E-state index in [1.165, 1.54) is 0 Å². The Hall–Kier alpha value is -0.570. The van der Waals surface area contributed by atoms with Gasteiger partial charge in [-0.3, -0.25) is 4.79 Å². The summed E-state index contributed by atoms with van der Waals surface area (Å²) in [6.07, 6.45) is 2.16. The Morgan fingerprint density at radius 3 is 2.60 bits per heavy atom. The fraction of sp³-hybridized carbons (Fsp3) is 0.917. The van der Waals surface area contributed by atoms with Gasteiger partial charge in [-0.2, -0.15) is 0 Å². The number of carbonyl (C=O) groups is 1. The van der Waals surface area contributed by atoms with E-state index in [1.54, 1.807) is 0 Å². The highest BCUT2D eigenvalue weighted by Crippen LogP contribution is 2.53. The average molecular weight is 210 g/mol. The van der Waals surface area contributed by atoms with Crippen molar-refractivity contribution in [2.75, 3.05) is 13.1 Å². The second kappa shape index (κ2) is 3.48. The van der Waals surface area contributed by atoms with E-state index in [1.807, 2.05) is 4.90 Å². The van der Waals surface area contributed by atoms with E-state index in [-0.39, 0.29) is 17.4 Å². The van der Waals surface area contributed by atoms with Crippen LogP contribution in [0.1, 0.15) is 33.6 Å². The summed E-state index contributed by atoms with van der Waals surface area (Å²) in [5.74, 6) is 1.18. The molecule has 3 unspecified atom stereocenters. The SMILES string of the molecule is CC1CCN(C(=O)C2CC2(C)C)C1CN. The zero-order valence-corrected chi connectivity index (χ0v) is 9.99. The highest BCUT2D eigenvalue weighted by atomic mass is 16.2. The lowest BCUT2D eigenvalue weighted by atomic mass is 10.0. The van der Waals surface area contributed by atoms with Gasteiger partial charge in [0.1, 0.15) is 0 Å². The molecular formula is C12H22N2O. The number of likely N-dealkylation sites (tertiary alicyclic amines) is 1. The second-order valence-electron chi connectivity index (χ2n) is 5.85. The fourth-order valence-electron chi connectivity index (χ4n) is 2.73. The predicted octanol–water partition coefficient (Wildman–Crippen LogP) is 1.23. The van der Waals surface area contributed by atoms with Crippen LogP contribution in [0.2, 0.25) is 0 Å². The molecule has 2 aliphatic rings. The van der Waals surface area contributed by atoms with E-state index < -0.39 is 0 Å². The number of hydrogen-bond acceptors (Lipinski definition) is 2. The molecule has 2 N–H and O–H groups in total. The minimum absolute atomic E-state index is 0.238. The van der Waals surface area contributed by atoms with Crippen LogP contribution in [0, 0.1) is 17.3 Å². The molecule has 2 rings (SSSR count). The zero-order valence-electron chi connectivity index (χ0n) is 9.99. The molecule has 0 bridgehead atoms. The maximum atomic E-state index is 12.2. The Morgan fingerprint density at radius 2 is 2.13 bits per heavy atom. The highest BCUT2D eigenvalue weighted by Gasteiger charge is 2.53. The number of hydrogen-bond donors (Lipinski definition) is 1. The van der Waals surface area contributed by atoms with Gasteiger partial charge in [0.2, 0.25) is 5.91 Å². The molecule has 2 fully saturated rings. The van der Waals surface area contributed by atoms with Crippen LogP contribution in [0.5, 0.6) is 0 Å². The molecule has 1 aliphatic heterocycles. The lowest BCUT2D eigenvalue weighted by Crippen LogP contribution is -2.43. The first-order valence-corrected chi connectivity index (χ1v) is 5.98. The van der Waals surface area contributed by atoms with Crippen LogP contribution in [0.25, 0.3) is 0 Å². The summed E-state index contributed by atoms with van der Waals surface area (Å²) in [5, 5.41) is 0. The third-order valence-corrected chi connectivity index (χ3v) is 4.22. The molecule has 15 heavy (non-hydrogen) atoms. The number of nitrogens with zero attached hydrogens (tertiary/aromatic N) is 1. The Balaban J connectivity index is 2.02. The Morgan fingerprint density at radius 1 is 1.53 bits per heavy atom. The standard InChI is InChI=1S/C12H22N2O/c1-8-4-5-14(10(8)7-13)11(15)9-6-12(9,2)3/h8-10H,4-7,13H2,1-3H3. The van der Waals surface area contributed by atoms with Crippen molar-refractivity contribution in [2.45, 2.75) is 39.7 Å². The number of carbonyl (C=O) groups excluding carboxylic acids is 1. The molecule has 0 radical (unpaired) electrons. The third-order valence-electron chi connectivity index (χ3n) is 4.22. The lowest BCUT2D eigenvalue weighted by Gasteiger charge is -2.26. The van der Waals surface area contributed by atoms with E-state index in [4.69, 9.17) is 5.73 Å². The largest absolute Gasteiger partial charge is 0.338 e. The van der Waals surface area contributed by atoms with Crippen LogP contribution in [0.4, 0.5) is 0 Å². The molecule has 0 aromatic heterocycles. The maximum absolute atomic E-state index is 12.2. The highest BCUT2D eigenvalue weighted by molar-refractivity contribution is 5.83. The quantitative estimate of drug-likeness (QED) is 0.745. The average Bonchev–Trinajstić information content (AvgIpc) is 2.65. The molecule has 3 atom stereocenters. The van der Waals surface area contributed by atoms with E-state index in [2.05, 4.69) is 20.8 Å². The topological polar surface area (TPSA) is 46.3 Å². The van der Waals surface area contributed by atoms with Crippen molar-refractivity contribution >= 4 is 5.91 Å². The van der Waals surface area contributed by atoms with E-state index in [9.17, 15) is 4.79 Å². The summed E-state index contributed by atoms with van der Waals surface area (Å²) in [6, 6.07) is 0.286. The van der Waals surface area contributed by atoms with E-state index >= 15 is 0 Å². The van der Waals surface area contributed by atoms with Crippen molar-refractivity contribution in [2.24, 2.45) is 23.0 Å². The zero-order chi connectivity index (χ0) is 11.2. The monoisotopic (exact) mass is 210 g/mol. The molecule has 1 saturated heterocycles. The second-order valence-corrected chi connectivity index (χ2v) is 5.85. The van der Waals surface area contributed by atoms with E-state index in [0.29, 0.717) is 18.4 Å². The molecule has 1 aliphatic carbocycles. The molecular weight excluding hydrogens is 188 g/mol. The number of amides is 1. The van der Waals surface area contributed by atoms with Crippen molar-refractivity contribution in [3.63, 3.8) is 0 Å². The van der Waals surface area contributed by atoms with Crippen LogP contribution in [-0.4, -0.2) is 29.9 Å². The van der Waals surface area contributed by atoms with Crippen LogP contribution < -0.4 is 5.73 Å². The summed E-state index contributed by atoms with van der Waals surface area (Å²) < 4.78 is 0. The summed E-state index contributed by atoms with van der Waals surface area (Å²) in [7, 11) is 0. The van der Waals surface area contributed by atoms with Gasteiger partial charge in [0.05, 0.1) is 0 Å². The Labute approximate surface area is 92.0 Å². The predicted molar refractivity (Wildman–Crippen MR) is 60.2 cm³/mol. The van der Waals surface area contributed by atoms with Gasteiger partial charge < -0.3 is 10.6 Å². The summed E-state index contributed by atoms with van der Waals surface area (Å²) in [5.41, 5.74) is 5.98. The van der Waals surface area contributed by atoms with Gasteiger partial charge >= 0.3 is 0 Å². The normalized spacial score (nSPS) is 38.1. The summed E-state index contributed by atoms with van der Waals surface area (Å²) in [6.45, 7) is 8.07. The smallest absolute Gasteiger partial charge is 0.226 e. The van der Waals surface area contributed by atoms with Crippen LogP contribution in [-0.2, 0) is 4.79 Å². The number of nitrogens with two attached hydrogens (primary N) is 1. The fourth-order valence-corrected chi connectivity index (χ4v) is 2.73. The maximum Gasteiger partial charge on any atom is 0.226 e. The van der Waals surface area contributed by atoms with Gasteiger partial charge in [-0.1, -0.05) is 20.8 Å². The van der Waals surface area contributed by atoms with Crippen molar-refractivity contribution in [3.8, 4) is 0 Å². The molecule has 1 heterocycles. The number of rotatable bonds is 2. The molecule has 1 amide bonds. The van der Waals surface area contributed by atoms with Gasteiger partial charge in [0.25, 0.3) is 0 Å². The Kier molecular flexibility index (Phi) is 2.53. The van der Waals surface area contributed by atoms with Gasteiger partial charge in [-0.25, -0.2) is 0 Å². The van der Waals surface area contributed by atoms with Crippen LogP contribution >= 0.6 is 0 Å². The lowest BCUT2D eigenvalue weighted by molar-refractivity contribution is -0.134. The van der Waals surface area contributed by atoms with E-state index in [0.717, 1.165) is 19.4 Å².